The van der Waals surface area contributed by atoms with Crippen molar-refractivity contribution in [1.82, 2.24) is 35.0 Å². The fourth-order valence-electron chi connectivity index (χ4n) is 5.84. The van der Waals surface area contributed by atoms with E-state index in [1.54, 1.807) is 7.11 Å². The molecule has 1 atom stereocenters. The molecule has 9 nitrogen and oxygen atoms in total. The molecule has 0 bridgehead atoms. The van der Waals surface area contributed by atoms with Crippen molar-refractivity contribution >= 4 is 10.9 Å². The van der Waals surface area contributed by atoms with Crippen molar-refractivity contribution in [1.29, 1.82) is 0 Å². The molecule has 1 N–H and O–H groups in total. The van der Waals surface area contributed by atoms with Crippen molar-refractivity contribution in [2.75, 3.05) is 33.3 Å². The van der Waals surface area contributed by atoms with Gasteiger partial charge in [0.05, 0.1) is 18.7 Å². The number of aromatic nitrogens is 5. The van der Waals surface area contributed by atoms with E-state index in [1.165, 1.54) is 18.4 Å². The highest BCUT2D eigenvalue weighted by Crippen LogP contribution is 2.34. The van der Waals surface area contributed by atoms with E-state index in [4.69, 9.17) is 4.74 Å². The van der Waals surface area contributed by atoms with Crippen LogP contribution >= 0.6 is 0 Å². The van der Waals surface area contributed by atoms with Crippen LogP contribution in [-0.4, -0.2) is 68.3 Å². The molecule has 2 aromatic carbocycles. The molecule has 6 rings (SSSR count). The summed E-state index contributed by atoms with van der Waals surface area (Å²) in [7, 11) is 1.63. The Morgan fingerprint density at radius 3 is 2.57 bits per heavy atom. The minimum absolute atomic E-state index is 0.113. The van der Waals surface area contributed by atoms with Gasteiger partial charge in [0.15, 0.2) is 5.82 Å². The number of nitrogens with zero attached hydrogens (tertiary/aromatic N) is 6. The predicted octanol–water partition coefficient (Wildman–Crippen LogP) is 3.55. The van der Waals surface area contributed by atoms with Crippen LogP contribution in [0.3, 0.4) is 0 Å². The Bertz CT molecular complexity index is 1400. The summed E-state index contributed by atoms with van der Waals surface area (Å²) in [4.78, 5) is 21.5. The average Bonchev–Trinajstić information content (AvgIpc) is 3.63. The molecule has 3 heterocycles. The lowest BCUT2D eigenvalue weighted by Gasteiger charge is -2.39. The third-order valence-corrected chi connectivity index (χ3v) is 7.83. The van der Waals surface area contributed by atoms with Crippen LogP contribution in [0, 0.1) is 0 Å². The number of piperazine rings is 1. The van der Waals surface area contributed by atoms with Gasteiger partial charge < -0.3 is 9.72 Å². The number of ether oxygens (including phenoxy) is 1. The summed E-state index contributed by atoms with van der Waals surface area (Å²) in [5, 5.41) is 14.0. The summed E-state index contributed by atoms with van der Waals surface area (Å²) in [6.07, 6.45) is 4.52. The minimum atomic E-state index is -0.315. The highest BCUT2D eigenvalue weighted by atomic mass is 16.5. The monoisotopic (exact) mass is 499 g/mol. The highest BCUT2D eigenvalue weighted by molar-refractivity contribution is 5.80. The number of rotatable bonds is 7. The number of H-pyrrole nitrogens is 1. The van der Waals surface area contributed by atoms with E-state index in [-0.39, 0.29) is 17.6 Å². The molecule has 192 valence electrons. The van der Waals surface area contributed by atoms with Gasteiger partial charge in [-0.25, -0.2) is 4.68 Å². The number of tetrazole rings is 1. The Morgan fingerprint density at radius 1 is 1.03 bits per heavy atom. The van der Waals surface area contributed by atoms with Crippen LogP contribution < -0.4 is 10.3 Å². The van der Waals surface area contributed by atoms with Crippen LogP contribution in [0.4, 0.5) is 0 Å². The van der Waals surface area contributed by atoms with Crippen LogP contribution in [0.15, 0.2) is 59.4 Å². The van der Waals surface area contributed by atoms with Crippen molar-refractivity contribution in [3.8, 4) is 5.75 Å². The second-order valence-corrected chi connectivity index (χ2v) is 10.1. The van der Waals surface area contributed by atoms with Gasteiger partial charge in [0.2, 0.25) is 0 Å². The summed E-state index contributed by atoms with van der Waals surface area (Å²) in [5.41, 5.74) is 2.65. The molecule has 1 aliphatic heterocycles. The Balaban J connectivity index is 1.34. The normalized spacial score (nSPS) is 18.4. The number of hydrogen-bond donors (Lipinski definition) is 1. The molecule has 9 heteroatoms. The van der Waals surface area contributed by atoms with Crippen LogP contribution in [0.1, 0.15) is 54.7 Å². The minimum Gasteiger partial charge on any atom is -0.497 e. The van der Waals surface area contributed by atoms with Gasteiger partial charge in [-0.05, 0) is 52.4 Å². The molecule has 1 aliphatic carbocycles. The maximum atomic E-state index is 13.5. The molecule has 0 amide bonds. The van der Waals surface area contributed by atoms with E-state index >= 15 is 0 Å². The largest absolute Gasteiger partial charge is 0.497 e. The number of hydrogen-bond acceptors (Lipinski definition) is 7. The van der Waals surface area contributed by atoms with Crippen LogP contribution in [0.25, 0.3) is 10.9 Å². The number of fused-ring (bicyclic) bond motifs is 1. The number of nitrogens with one attached hydrogen (secondary N) is 1. The van der Waals surface area contributed by atoms with Crippen molar-refractivity contribution in [3.63, 3.8) is 0 Å². The maximum absolute atomic E-state index is 13.5. The Labute approximate surface area is 216 Å². The first kappa shape index (κ1) is 23.8. The Kier molecular flexibility index (Phi) is 6.72. The summed E-state index contributed by atoms with van der Waals surface area (Å²) in [6.45, 7) is 4.42. The Hall–Kier alpha value is -3.56. The number of benzene rings is 2. The molecule has 1 saturated carbocycles. The SMILES string of the molecule is COc1ccc2cc([C@@H](c3nnnn3C3CCCC3)N3CCN(Cc4ccccc4)CC3)c(=O)[nH]c2c1. The van der Waals surface area contributed by atoms with E-state index in [0.29, 0.717) is 11.3 Å². The first-order chi connectivity index (χ1) is 18.2. The molecule has 0 unspecified atom stereocenters. The van der Waals surface area contributed by atoms with Gasteiger partial charge in [-0.2, -0.15) is 0 Å². The van der Waals surface area contributed by atoms with Crippen molar-refractivity contribution < 1.29 is 4.74 Å². The zero-order chi connectivity index (χ0) is 25.2. The molecule has 2 fully saturated rings. The molecule has 2 aromatic heterocycles. The fourth-order valence-corrected chi connectivity index (χ4v) is 5.84. The molecular formula is C28H33N7O2. The molecule has 1 saturated heterocycles. The molecular weight excluding hydrogens is 466 g/mol. The van der Waals surface area contributed by atoms with Gasteiger partial charge in [-0.1, -0.05) is 43.2 Å². The van der Waals surface area contributed by atoms with E-state index in [0.717, 1.165) is 62.3 Å². The number of methoxy groups -OCH3 is 1. The van der Waals surface area contributed by atoms with Gasteiger partial charge in [-0.3, -0.25) is 14.6 Å². The van der Waals surface area contributed by atoms with Crippen molar-refractivity contribution in [3.05, 3.63) is 81.9 Å². The van der Waals surface area contributed by atoms with Crippen LogP contribution in [0.2, 0.25) is 0 Å². The standard InChI is InChI=1S/C28H33N7O2/c1-37-23-12-11-21-17-24(28(36)29-25(21)18-23)26(27-30-31-32-35(27)22-9-5-6-10-22)34-15-13-33(14-16-34)19-20-7-3-2-4-8-20/h2-4,7-8,11-12,17-18,22,26H,5-6,9-10,13-16,19H2,1H3,(H,29,36)/t26-/m0/s1. The van der Waals surface area contributed by atoms with Crippen molar-refractivity contribution in [2.45, 2.75) is 44.3 Å². The van der Waals surface area contributed by atoms with E-state index in [9.17, 15) is 4.79 Å². The predicted molar refractivity (Wildman–Crippen MR) is 142 cm³/mol. The molecule has 0 radical (unpaired) electrons. The summed E-state index contributed by atoms with van der Waals surface area (Å²) in [5.74, 6) is 1.48. The van der Waals surface area contributed by atoms with Crippen molar-refractivity contribution in [2.24, 2.45) is 0 Å². The van der Waals surface area contributed by atoms with Gasteiger partial charge in [0.1, 0.15) is 11.8 Å². The lowest BCUT2D eigenvalue weighted by molar-refractivity contribution is 0.0989. The third kappa shape index (κ3) is 4.89. The summed E-state index contributed by atoms with van der Waals surface area (Å²) >= 11 is 0. The van der Waals surface area contributed by atoms with Gasteiger partial charge in [0, 0.05) is 44.4 Å². The molecule has 4 aromatic rings. The molecule has 2 aliphatic rings. The maximum Gasteiger partial charge on any atom is 0.253 e. The van der Waals surface area contributed by atoms with Gasteiger partial charge in [0.25, 0.3) is 5.56 Å². The van der Waals surface area contributed by atoms with Gasteiger partial charge in [-0.15, -0.1) is 5.10 Å². The lowest BCUT2D eigenvalue weighted by atomic mass is 10.0. The molecule has 37 heavy (non-hydrogen) atoms. The zero-order valence-corrected chi connectivity index (χ0v) is 21.2. The van der Waals surface area contributed by atoms with E-state index in [2.05, 4.69) is 60.6 Å². The highest BCUT2D eigenvalue weighted by Gasteiger charge is 2.34. The van der Waals surface area contributed by atoms with Crippen LogP contribution in [0.5, 0.6) is 5.75 Å². The second kappa shape index (κ2) is 10.4. The third-order valence-electron chi connectivity index (χ3n) is 7.83. The topological polar surface area (TPSA) is 92.2 Å². The number of aromatic amines is 1. The van der Waals surface area contributed by atoms with Gasteiger partial charge >= 0.3 is 0 Å². The second-order valence-electron chi connectivity index (χ2n) is 10.1. The Morgan fingerprint density at radius 2 is 1.81 bits per heavy atom. The lowest BCUT2D eigenvalue weighted by Crippen LogP contribution is -2.48. The zero-order valence-electron chi connectivity index (χ0n) is 21.2. The summed E-state index contributed by atoms with van der Waals surface area (Å²) in [6, 6.07) is 18.3. The smallest absolute Gasteiger partial charge is 0.253 e. The molecule has 0 spiro atoms. The average molecular weight is 500 g/mol. The van der Waals surface area contributed by atoms with Crippen LogP contribution in [-0.2, 0) is 6.54 Å². The van der Waals surface area contributed by atoms with E-state index < -0.39 is 0 Å². The first-order valence-electron chi connectivity index (χ1n) is 13.2. The first-order valence-corrected chi connectivity index (χ1v) is 13.2. The van der Waals surface area contributed by atoms with E-state index in [1.807, 2.05) is 28.9 Å². The quantitative estimate of drug-likeness (QED) is 0.416. The summed E-state index contributed by atoms with van der Waals surface area (Å²) < 4.78 is 7.35. The fraction of sp³-hybridized carbons (Fsp3) is 0.429. The number of pyridine rings is 1.